The van der Waals surface area contributed by atoms with Gasteiger partial charge in [-0.25, -0.2) is 5.43 Å². The Kier molecular flexibility index (Phi) is 4.25. The Morgan fingerprint density at radius 3 is 2.00 bits per heavy atom. The first-order valence-electron chi connectivity index (χ1n) is 6.32. The summed E-state index contributed by atoms with van der Waals surface area (Å²) in [7, 11) is 0. The molecule has 0 aliphatic carbocycles. The second-order valence-corrected chi connectivity index (χ2v) is 5.36. The van der Waals surface area contributed by atoms with Crippen molar-refractivity contribution in [3.8, 4) is 0 Å². The topological polar surface area (TPSA) is 38.0 Å². The van der Waals surface area contributed by atoms with E-state index in [-0.39, 0.29) is 6.04 Å². The molecular formula is C16H19ClN2. The zero-order valence-electron chi connectivity index (χ0n) is 11.5. The van der Waals surface area contributed by atoms with Gasteiger partial charge in [-0.3, -0.25) is 5.84 Å². The van der Waals surface area contributed by atoms with Crippen LogP contribution in [0, 0.1) is 20.8 Å². The first kappa shape index (κ1) is 14.1. The Morgan fingerprint density at radius 1 is 0.895 bits per heavy atom. The van der Waals surface area contributed by atoms with Gasteiger partial charge in [-0.05, 0) is 54.7 Å². The lowest BCUT2D eigenvalue weighted by Crippen LogP contribution is -2.29. The second kappa shape index (κ2) is 5.74. The SMILES string of the molecule is Cc1ccc(C(NN)c2ccc(Cl)c(C)c2)cc1C. The number of halogens is 1. The fourth-order valence-corrected chi connectivity index (χ4v) is 2.29. The van der Waals surface area contributed by atoms with Crippen LogP contribution in [0.1, 0.15) is 33.9 Å². The van der Waals surface area contributed by atoms with Gasteiger partial charge in [0.1, 0.15) is 0 Å². The molecule has 2 rings (SSSR count). The van der Waals surface area contributed by atoms with Crippen LogP contribution in [0.15, 0.2) is 36.4 Å². The van der Waals surface area contributed by atoms with Crippen LogP contribution in [0.4, 0.5) is 0 Å². The molecule has 0 spiro atoms. The molecule has 0 bridgehead atoms. The molecule has 2 aromatic carbocycles. The van der Waals surface area contributed by atoms with Crippen molar-refractivity contribution < 1.29 is 0 Å². The summed E-state index contributed by atoms with van der Waals surface area (Å²) in [6, 6.07) is 12.4. The summed E-state index contributed by atoms with van der Waals surface area (Å²) in [5.41, 5.74) is 8.77. The standard InChI is InChI=1S/C16H19ClN2/c1-10-4-5-13(8-11(10)2)16(19-18)14-6-7-15(17)12(3)9-14/h4-9,16,19H,18H2,1-3H3. The van der Waals surface area contributed by atoms with Crippen LogP contribution in [0.2, 0.25) is 5.02 Å². The molecular weight excluding hydrogens is 256 g/mol. The average molecular weight is 275 g/mol. The number of nitrogens with two attached hydrogens (primary N) is 1. The van der Waals surface area contributed by atoms with E-state index in [1.807, 2.05) is 19.1 Å². The van der Waals surface area contributed by atoms with Crippen molar-refractivity contribution in [1.29, 1.82) is 0 Å². The summed E-state index contributed by atoms with van der Waals surface area (Å²) in [5.74, 6) is 5.73. The zero-order valence-corrected chi connectivity index (χ0v) is 12.3. The fourth-order valence-electron chi connectivity index (χ4n) is 2.18. The molecule has 0 heterocycles. The first-order chi connectivity index (χ1) is 9.02. The zero-order chi connectivity index (χ0) is 14.0. The van der Waals surface area contributed by atoms with Gasteiger partial charge in [-0.1, -0.05) is 41.9 Å². The minimum atomic E-state index is -0.0183. The van der Waals surface area contributed by atoms with Crippen molar-refractivity contribution in [2.75, 3.05) is 0 Å². The van der Waals surface area contributed by atoms with Crippen LogP contribution in [-0.4, -0.2) is 0 Å². The summed E-state index contributed by atoms with van der Waals surface area (Å²) in [6.45, 7) is 6.22. The smallest absolute Gasteiger partial charge is 0.0710 e. The van der Waals surface area contributed by atoms with E-state index < -0.39 is 0 Å². The van der Waals surface area contributed by atoms with Gasteiger partial charge in [-0.2, -0.15) is 0 Å². The molecule has 3 N–H and O–H groups in total. The number of benzene rings is 2. The Labute approximate surface area is 119 Å². The lowest BCUT2D eigenvalue weighted by Gasteiger charge is -2.19. The number of rotatable bonds is 3. The third kappa shape index (κ3) is 2.98. The first-order valence-corrected chi connectivity index (χ1v) is 6.70. The summed E-state index contributed by atoms with van der Waals surface area (Å²) in [4.78, 5) is 0. The molecule has 1 unspecified atom stereocenters. The van der Waals surface area contributed by atoms with Crippen LogP contribution in [-0.2, 0) is 0 Å². The largest absolute Gasteiger partial charge is 0.271 e. The van der Waals surface area contributed by atoms with Crippen molar-refractivity contribution in [2.45, 2.75) is 26.8 Å². The number of hydrogen-bond acceptors (Lipinski definition) is 2. The van der Waals surface area contributed by atoms with Crippen LogP contribution in [0.5, 0.6) is 0 Å². The highest BCUT2D eigenvalue weighted by Crippen LogP contribution is 2.26. The molecule has 2 aromatic rings. The van der Waals surface area contributed by atoms with Crippen LogP contribution < -0.4 is 11.3 Å². The van der Waals surface area contributed by atoms with E-state index in [0.29, 0.717) is 0 Å². The number of hydrazine groups is 1. The minimum Gasteiger partial charge on any atom is -0.271 e. The number of aryl methyl sites for hydroxylation is 3. The maximum Gasteiger partial charge on any atom is 0.0710 e. The van der Waals surface area contributed by atoms with Crippen molar-refractivity contribution >= 4 is 11.6 Å². The molecule has 0 fully saturated rings. The third-order valence-electron chi connectivity index (χ3n) is 3.55. The summed E-state index contributed by atoms with van der Waals surface area (Å²) >= 11 is 6.07. The van der Waals surface area contributed by atoms with Crippen LogP contribution in [0.3, 0.4) is 0 Å². The Bertz CT molecular complexity index is 542. The lowest BCUT2D eigenvalue weighted by atomic mass is 9.95. The molecule has 0 aliphatic heterocycles. The second-order valence-electron chi connectivity index (χ2n) is 4.95. The van der Waals surface area contributed by atoms with Gasteiger partial charge in [0, 0.05) is 5.02 Å². The van der Waals surface area contributed by atoms with Gasteiger partial charge in [0.05, 0.1) is 6.04 Å². The maximum absolute atomic E-state index is 6.07. The normalized spacial score (nSPS) is 12.5. The predicted octanol–water partition coefficient (Wildman–Crippen LogP) is 3.82. The molecule has 19 heavy (non-hydrogen) atoms. The molecule has 0 aliphatic rings. The summed E-state index contributed by atoms with van der Waals surface area (Å²) in [6.07, 6.45) is 0. The van der Waals surface area contributed by atoms with Crippen molar-refractivity contribution in [3.63, 3.8) is 0 Å². The Hall–Kier alpha value is -1.35. The van der Waals surface area contributed by atoms with Gasteiger partial charge in [0.15, 0.2) is 0 Å². The van der Waals surface area contributed by atoms with E-state index in [1.165, 1.54) is 11.1 Å². The molecule has 0 radical (unpaired) electrons. The van der Waals surface area contributed by atoms with Gasteiger partial charge in [0.2, 0.25) is 0 Å². The maximum atomic E-state index is 6.07. The van der Waals surface area contributed by atoms with E-state index >= 15 is 0 Å². The average Bonchev–Trinajstić information content (AvgIpc) is 2.39. The van der Waals surface area contributed by atoms with Crippen molar-refractivity contribution in [2.24, 2.45) is 5.84 Å². The molecule has 0 aromatic heterocycles. The van der Waals surface area contributed by atoms with Crippen molar-refractivity contribution in [3.05, 3.63) is 69.2 Å². The van der Waals surface area contributed by atoms with E-state index in [0.717, 1.165) is 21.7 Å². The van der Waals surface area contributed by atoms with Gasteiger partial charge in [-0.15, -0.1) is 0 Å². The fraction of sp³-hybridized carbons (Fsp3) is 0.250. The molecule has 0 saturated carbocycles. The van der Waals surface area contributed by atoms with E-state index in [2.05, 4.69) is 43.5 Å². The van der Waals surface area contributed by atoms with E-state index in [1.54, 1.807) is 0 Å². The van der Waals surface area contributed by atoms with Gasteiger partial charge in [0.25, 0.3) is 0 Å². The van der Waals surface area contributed by atoms with Gasteiger partial charge < -0.3 is 0 Å². The Morgan fingerprint density at radius 2 is 1.47 bits per heavy atom. The molecule has 1 atom stereocenters. The Balaban J connectivity index is 2.43. The highest BCUT2D eigenvalue weighted by molar-refractivity contribution is 6.31. The predicted molar refractivity (Wildman–Crippen MR) is 81.3 cm³/mol. The minimum absolute atomic E-state index is 0.0183. The monoisotopic (exact) mass is 274 g/mol. The van der Waals surface area contributed by atoms with Crippen molar-refractivity contribution in [1.82, 2.24) is 5.43 Å². The van der Waals surface area contributed by atoms with Gasteiger partial charge >= 0.3 is 0 Å². The molecule has 2 nitrogen and oxygen atoms in total. The highest BCUT2D eigenvalue weighted by atomic mass is 35.5. The summed E-state index contributed by atoms with van der Waals surface area (Å²) in [5, 5.41) is 0.777. The molecule has 0 amide bonds. The molecule has 3 heteroatoms. The summed E-state index contributed by atoms with van der Waals surface area (Å²) < 4.78 is 0. The number of nitrogens with one attached hydrogen (secondary N) is 1. The van der Waals surface area contributed by atoms with E-state index in [4.69, 9.17) is 17.4 Å². The lowest BCUT2D eigenvalue weighted by molar-refractivity contribution is 0.636. The van der Waals surface area contributed by atoms with Crippen LogP contribution >= 0.6 is 11.6 Å². The molecule has 100 valence electrons. The molecule has 0 saturated heterocycles. The highest BCUT2D eigenvalue weighted by Gasteiger charge is 2.13. The quantitative estimate of drug-likeness (QED) is 0.660. The third-order valence-corrected chi connectivity index (χ3v) is 3.97. The van der Waals surface area contributed by atoms with Crippen LogP contribution in [0.25, 0.3) is 0 Å². The number of hydrogen-bond donors (Lipinski definition) is 2. The van der Waals surface area contributed by atoms with E-state index in [9.17, 15) is 0 Å².